The number of ether oxygens (including phenoxy) is 1. The number of nitriles is 1. The molecule has 2 unspecified atom stereocenters. The zero-order valence-electron chi connectivity index (χ0n) is 11.9. The summed E-state index contributed by atoms with van der Waals surface area (Å²) in [6, 6.07) is 6.26. The molecule has 0 aromatic heterocycles. The molecule has 2 fully saturated rings. The molecule has 1 saturated heterocycles. The number of fused-ring (bicyclic) bond motifs is 1. The highest BCUT2D eigenvalue weighted by atomic mass is 19.1. The van der Waals surface area contributed by atoms with Gasteiger partial charge in [-0.25, -0.2) is 4.39 Å². The van der Waals surface area contributed by atoms with Gasteiger partial charge in [-0.05, 0) is 37.0 Å². The van der Waals surface area contributed by atoms with Gasteiger partial charge in [0.2, 0.25) is 0 Å². The summed E-state index contributed by atoms with van der Waals surface area (Å²) in [5.41, 5.74) is 0.558. The predicted octanol–water partition coefficient (Wildman–Crippen LogP) is 2.48. The number of hydrogen-bond acceptors (Lipinski definition) is 4. The maximum atomic E-state index is 13.3. The minimum atomic E-state index is -0.462. The molecule has 4 nitrogen and oxygen atoms in total. The summed E-state index contributed by atoms with van der Waals surface area (Å²) < 4.78 is 18.3. The van der Waals surface area contributed by atoms with Crippen LogP contribution in [-0.4, -0.2) is 26.2 Å². The highest BCUT2D eigenvalue weighted by molar-refractivity contribution is 5.80. The van der Waals surface area contributed by atoms with E-state index in [9.17, 15) is 14.4 Å². The number of methoxy groups -OCH3 is 1. The fourth-order valence-corrected chi connectivity index (χ4v) is 3.88. The number of esters is 1. The molecule has 2 aliphatic rings. The third-order valence-corrected chi connectivity index (χ3v) is 4.88. The molecule has 0 N–H and O–H groups in total. The molecule has 1 aromatic carbocycles. The van der Waals surface area contributed by atoms with Crippen molar-refractivity contribution >= 4 is 11.7 Å². The Morgan fingerprint density at radius 1 is 1.57 bits per heavy atom. The monoisotopic (exact) mass is 288 g/mol. The lowest BCUT2D eigenvalue weighted by molar-refractivity contribution is -0.152. The van der Waals surface area contributed by atoms with Crippen LogP contribution in [0.4, 0.5) is 10.1 Å². The third-order valence-electron chi connectivity index (χ3n) is 4.88. The Bertz CT molecular complexity index is 625. The maximum absolute atomic E-state index is 13.3. The van der Waals surface area contributed by atoms with Crippen molar-refractivity contribution < 1.29 is 13.9 Å². The Morgan fingerprint density at radius 3 is 3.10 bits per heavy atom. The van der Waals surface area contributed by atoms with Gasteiger partial charge in [0.1, 0.15) is 11.9 Å². The first kappa shape index (κ1) is 13.9. The van der Waals surface area contributed by atoms with E-state index in [1.54, 1.807) is 6.07 Å². The molecular weight excluding hydrogens is 271 g/mol. The zero-order chi connectivity index (χ0) is 15.0. The van der Waals surface area contributed by atoms with Crippen LogP contribution in [0, 0.1) is 28.5 Å². The number of rotatable bonds is 2. The molecule has 5 heteroatoms. The number of halogens is 1. The van der Waals surface area contributed by atoms with Gasteiger partial charge in [0.15, 0.2) is 0 Å². The van der Waals surface area contributed by atoms with Gasteiger partial charge in [-0.1, -0.05) is 6.42 Å². The van der Waals surface area contributed by atoms with Gasteiger partial charge in [0, 0.05) is 13.1 Å². The fourth-order valence-electron chi connectivity index (χ4n) is 3.88. The van der Waals surface area contributed by atoms with Crippen molar-refractivity contribution in [2.24, 2.45) is 11.3 Å². The van der Waals surface area contributed by atoms with Crippen molar-refractivity contribution in [3.63, 3.8) is 0 Å². The van der Waals surface area contributed by atoms with Crippen LogP contribution in [-0.2, 0) is 9.53 Å². The number of carbonyl (C=O) groups is 1. The van der Waals surface area contributed by atoms with Gasteiger partial charge in [-0.3, -0.25) is 4.79 Å². The van der Waals surface area contributed by atoms with Crippen molar-refractivity contribution in [1.82, 2.24) is 0 Å². The first-order valence-corrected chi connectivity index (χ1v) is 7.14. The maximum Gasteiger partial charge on any atom is 0.313 e. The first-order chi connectivity index (χ1) is 10.1. The molecule has 110 valence electrons. The van der Waals surface area contributed by atoms with Gasteiger partial charge < -0.3 is 9.64 Å². The normalized spacial score (nSPS) is 27.3. The standard InChI is InChI=1S/C16H17FN2O2/c1-21-15(20)16-6-2-3-12(16)9-19(10-16)14-5-4-13(17)7-11(14)8-18/h4-5,7,12H,2-3,6,9-10H2,1H3. The highest BCUT2D eigenvalue weighted by Crippen LogP contribution is 2.50. The SMILES string of the molecule is COC(=O)C12CCCC1CN(c1ccc(F)cc1C#N)C2. The van der Waals surface area contributed by atoms with Gasteiger partial charge in [-0.2, -0.15) is 5.26 Å². The van der Waals surface area contributed by atoms with E-state index in [4.69, 9.17) is 4.74 Å². The quantitative estimate of drug-likeness (QED) is 0.785. The van der Waals surface area contributed by atoms with Crippen LogP contribution in [0.1, 0.15) is 24.8 Å². The van der Waals surface area contributed by atoms with Crippen LogP contribution >= 0.6 is 0 Å². The largest absolute Gasteiger partial charge is 0.469 e. The van der Waals surface area contributed by atoms with E-state index in [0.717, 1.165) is 25.8 Å². The average Bonchev–Trinajstić information content (AvgIpc) is 3.03. The summed E-state index contributed by atoms with van der Waals surface area (Å²) in [5, 5.41) is 9.19. The number of anilines is 1. The zero-order valence-corrected chi connectivity index (χ0v) is 11.9. The van der Waals surface area contributed by atoms with Crippen LogP contribution in [0.25, 0.3) is 0 Å². The van der Waals surface area contributed by atoms with Crippen molar-refractivity contribution in [3.05, 3.63) is 29.6 Å². The molecule has 0 bridgehead atoms. The van der Waals surface area contributed by atoms with Crippen LogP contribution in [0.2, 0.25) is 0 Å². The van der Waals surface area contributed by atoms with E-state index in [0.29, 0.717) is 17.8 Å². The second kappa shape index (κ2) is 5.03. The molecule has 0 radical (unpaired) electrons. The van der Waals surface area contributed by atoms with Crippen LogP contribution in [0.15, 0.2) is 18.2 Å². The lowest BCUT2D eigenvalue weighted by Crippen LogP contribution is -2.37. The Labute approximate surface area is 123 Å². The third kappa shape index (κ3) is 2.06. The molecule has 0 amide bonds. The summed E-state index contributed by atoms with van der Waals surface area (Å²) in [6.45, 7) is 1.26. The van der Waals surface area contributed by atoms with E-state index < -0.39 is 11.2 Å². The summed E-state index contributed by atoms with van der Waals surface area (Å²) in [6.07, 6.45) is 2.85. The summed E-state index contributed by atoms with van der Waals surface area (Å²) >= 11 is 0. The molecule has 3 rings (SSSR count). The minimum Gasteiger partial charge on any atom is -0.469 e. The average molecular weight is 288 g/mol. The molecule has 1 aromatic rings. The Morgan fingerprint density at radius 2 is 2.38 bits per heavy atom. The summed E-state index contributed by atoms with van der Waals surface area (Å²) in [5.74, 6) is -0.327. The van der Waals surface area contributed by atoms with E-state index in [1.165, 1.54) is 19.2 Å². The molecule has 1 heterocycles. The predicted molar refractivity (Wildman–Crippen MR) is 75.1 cm³/mol. The van der Waals surface area contributed by atoms with Crippen LogP contribution < -0.4 is 4.90 Å². The van der Waals surface area contributed by atoms with Gasteiger partial charge >= 0.3 is 5.97 Å². The fraction of sp³-hybridized carbons (Fsp3) is 0.500. The second-order valence-electron chi connectivity index (χ2n) is 5.89. The Kier molecular flexibility index (Phi) is 3.32. The number of nitrogens with zero attached hydrogens (tertiary/aromatic N) is 2. The van der Waals surface area contributed by atoms with Crippen LogP contribution in [0.5, 0.6) is 0 Å². The van der Waals surface area contributed by atoms with E-state index >= 15 is 0 Å². The second-order valence-corrected chi connectivity index (χ2v) is 5.89. The smallest absolute Gasteiger partial charge is 0.313 e. The van der Waals surface area contributed by atoms with Crippen molar-refractivity contribution in [2.45, 2.75) is 19.3 Å². The Hall–Kier alpha value is -2.09. The number of hydrogen-bond donors (Lipinski definition) is 0. The molecule has 1 aliphatic heterocycles. The Balaban J connectivity index is 1.94. The topological polar surface area (TPSA) is 53.3 Å². The first-order valence-electron chi connectivity index (χ1n) is 7.14. The van der Waals surface area contributed by atoms with E-state index in [-0.39, 0.29) is 11.9 Å². The van der Waals surface area contributed by atoms with Crippen molar-refractivity contribution in [3.8, 4) is 6.07 Å². The number of benzene rings is 1. The molecule has 21 heavy (non-hydrogen) atoms. The molecule has 0 spiro atoms. The highest BCUT2D eigenvalue weighted by Gasteiger charge is 2.55. The minimum absolute atomic E-state index is 0.159. The lowest BCUT2D eigenvalue weighted by atomic mass is 9.81. The summed E-state index contributed by atoms with van der Waals surface area (Å²) in [4.78, 5) is 14.3. The summed E-state index contributed by atoms with van der Waals surface area (Å²) in [7, 11) is 1.42. The van der Waals surface area contributed by atoms with Gasteiger partial charge in [0.05, 0.1) is 23.8 Å². The molecule has 1 aliphatic carbocycles. The van der Waals surface area contributed by atoms with E-state index in [2.05, 4.69) is 0 Å². The molecule has 1 saturated carbocycles. The van der Waals surface area contributed by atoms with Gasteiger partial charge in [0.25, 0.3) is 0 Å². The molecular formula is C16H17FN2O2. The van der Waals surface area contributed by atoms with E-state index in [1.807, 2.05) is 11.0 Å². The van der Waals surface area contributed by atoms with Crippen molar-refractivity contribution in [2.75, 3.05) is 25.1 Å². The lowest BCUT2D eigenvalue weighted by Gasteiger charge is -2.26. The number of carbonyl (C=O) groups excluding carboxylic acids is 1. The van der Waals surface area contributed by atoms with Crippen LogP contribution in [0.3, 0.4) is 0 Å². The molecule has 2 atom stereocenters. The van der Waals surface area contributed by atoms with Crippen molar-refractivity contribution in [1.29, 1.82) is 5.26 Å². The van der Waals surface area contributed by atoms with Gasteiger partial charge in [-0.15, -0.1) is 0 Å².